The zero-order chi connectivity index (χ0) is 14.6. The quantitative estimate of drug-likeness (QED) is 0.632. The van der Waals surface area contributed by atoms with Crippen LogP contribution in [0.4, 0.5) is 0 Å². The molecule has 0 radical (unpaired) electrons. The number of rotatable bonds is 9. The van der Waals surface area contributed by atoms with Crippen molar-refractivity contribution in [3.05, 3.63) is 0 Å². The monoisotopic (exact) mass is 303 g/mol. The maximum atomic E-state index is 12.3. The summed E-state index contributed by atoms with van der Waals surface area (Å²) in [7, 11) is -1.63. The first-order valence-electron chi connectivity index (χ1n) is 7.97. The van der Waals surface area contributed by atoms with Crippen LogP contribution in [0.1, 0.15) is 45.4 Å². The Balaban J connectivity index is 1.72. The van der Waals surface area contributed by atoms with Gasteiger partial charge in [-0.15, -0.1) is 0 Å². The van der Waals surface area contributed by atoms with Crippen molar-refractivity contribution in [3.8, 4) is 0 Å². The molecule has 3 atom stereocenters. The molecule has 3 unspecified atom stereocenters. The predicted octanol–water partition coefficient (Wildman–Crippen LogP) is 1.33. The third-order valence-corrected chi connectivity index (χ3v) is 6.31. The van der Waals surface area contributed by atoms with Crippen molar-refractivity contribution >= 4 is 10.2 Å². The summed E-state index contributed by atoms with van der Waals surface area (Å²) in [6.07, 6.45) is 6.71. The maximum absolute atomic E-state index is 12.3. The molecule has 0 amide bonds. The summed E-state index contributed by atoms with van der Waals surface area (Å²) >= 11 is 0. The Kier molecular flexibility index (Phi) is 5.84. The average molecular weight is 303 g/mol. The first-order chi connectivity index (χ1) is 9.53. The highest BCUT2D eigenvalue weighted by molar-refractivity contribution is 7.87. The van der Waals surface area contributed by atoms with Gasteiger partial charge in [0.25, 0.3) is 10.2 Å². The fourth-order valence-corrected chi connectivity index (χ4v) is 4.74. The third kappa shape index (κ3) is 4.16. The molecule has 0 spiro atoms. The lowest BCUT2D eigenvalue weighted by Gasteiger charge is -2.26. The van der Waals surface area contributed by atoms with Gasteiger partial charge < -0.3 is 5.32 Å². The van der Waals surface area contributed by atoms with Crippen molar-refractivity contribution < 1.29 is 8.42 Å². The van der Waals surface area contributed by atoms with Gasteiger partial charge in [-0.3, -0.25) is 0 Å². The molecule has 2 bridgehead atoms. The van der Waals surface area contributed by atoms with E-state index in [2.05, 4.69) is 17.0 Å². The van der Waals surface area contributed by atoms with Gasteiger partial charge in [-0.25, -0.2) is 0 Å². The lowest BCUT2D eigenvalue weighted by atomic mass is 9.96. The largest absolute Gasteiger partial charge is 0.317 e. The van der Waals surface area contributed by atoms with E-state index < -0.39 is 10.2 Å². The van der Waals surface area contributed by atoms with E-state index in [0.717, 1.165) is 38.3 Å². The molecular formula is C14H29N3O2S. The van der Waals surface area contributed by atoms with Crippen LogP contribution >= 0.6 is 0 Å². The fourth-order valence-electron chi connectivity index (χ4n) is 3.52. The van der Waals surface area contributed by atoms with Gasteiger partial charge in [0.2, 0.25) is 0 Å². The summed E-state index contributed by atoms with van der Waals surface area (Å²) in [6, 6.07) is 0.180. The predicted molar refractivity (Wildman–Crippen MR) is 81.7 cm³/mol. The van der Waals surface area contributed by atoms with E-state index in [4.69, 9.17) is 0 Å². The van der Waals surface area contributed by atoms with Crippen LogP contribution in [-0.4, -0.2) is 45.4 Å². The van der Waals surface area contributed by atoms with Gasteiger partial charge in [0.1, 0.15) is 0 Å². The van der Waals surface area contributed by atoms with Gasteiger partial charge in [-0.2, -0.15) is 17.4 Å². The van der Waals surface area contributed by atoms with Crippen molar-refractivity contribution in [3.63, 3.8) is 0 Å². The second-order valence-electron chi connectivity index (χ2n) is 6.33. The summed E-state index contributed by atoms with van der Waals surface area (Å²) < 4.78 is 28.9. The van der Waals surface area contributed by atoms with Crippen LogP contribution in [0.5, 0.6) is 0 Å². The number of nitrogens with one attached hydrogen (secondary N) is 2. The highest BCUT2D eigenvalue weighted by atomic mass is 32.2. The minimum atomic E-state index is -3.30. The Labute approximate surface area is 123 Å². The molecule has 2 aliphatic rings. The van der Waals surface area contributed by atoms with E-state index in [1.807, 2.05) is 0 Å². The molecule has 0 heterocycles. The lowest BCUT2D eigenvalue weighted by molar-refractivity contribution is 0.372. The molecule has 2 saturated carbocycles. The van der Waals surface area contributed by atoms with Crippen molar-refractivity contribution in [1.82, 2.24) is 14.3 Å². The summed E-state index contributed by atoms with van der Waals surface area (Å²) in [5.74, 6) is 1.34. The van der Waals surface area contributed by atoms with Crippen molar-refractivity contribution in [2.45, 2.75) is 51.5 Å². The van der Waals surface area contributed by atoms with Crippen LogP contribution in [0.25, 0.3) is 0 Å². The Morgan fingerprint density at radius 3 is 2.60 bits per heavy atom. The van der Waals surface area contributed by atoms with Gasteiger partial charge in [-0.05, 0) is 57.0 Å². The Hall–Kier alpha value is -0.170. The molecule has 0 aromatic heterocycles. The summed E-state index contributed by atoms with van der Waals surface area (Å²) in [5.41, 5.74) is 0. The topological polar surface area (TPSA) is 61.4 Å². The number of hydrogen-bond donors (Lipinski definition) is 2. The minimum absolute atomic E-state index is 0.180. The zero-order valence-electron chi connectivity index (χ0n) is 12.8. The van der Waals surface area contributed by atoms with E-state index >= 15 is 0 Å². The van der Waals surface area contributed by atoms with E-state index in [1.165, 1.54) is 23.6 Å². The summed E-state index contributed by atoms with van der Waals surface area (Å²) in [5, 5.41) is 3.30. The number of hydrogen-bond acceptors (Lipinski definition) is 3. The van der Waals surface area contributed by atoms with Crippen molar-refractivity contribution in [2.24, 2.45) is 11.8 Å². The molecule has 118 valence electrons. The number of fused-ring (bicyclic) bond motifs is 2. The van der Waals surface area contributed by atoms with Gasteiger partial charge in [-0.1, -0.05) is 13.3 Å². The lowest BCUT2D eigenvalue weighted by Crippen LogP contribution is -2.46. The normalized spacial score (nSPS) is 29.4. The first-order valence-corrected chi connectivity index (χ1v) is 9.41. The van der Waals surface area contributed by atoms with Crippen molar-refractivity contribution in [2.75, 3.05) is 26.7 Å². The van der Waals surface area contributed by atoms with Gasteiger partial charge in [0.05, 0.1) is 0 Å². The smallest absolute Gasteiger partial charge is 0.279 e. The first kappa shape index (κ1) is 16.2. The van der Waals surface area contributed by atoms with Gasteiger partial charge >= 0.3 is 0 Å². The molecule has 20 heavy (non-hydrogen) atoms. The fraction of sp³-hybridized carbons (Fsp3) is 1.00. The van der Waals surface area contributed by atoms with Crippen molar-refractivity contribution in [1.29, 1.82) is 0 Å². The van der Waals surface area contributed by atoms with Gasteiger partial charge in [0.15, 0.2) is 0 Å². The molecule has 0 aromatic rings. The molecule has 0 saturated heterocycles. The molecule has 5 nitrogen and oxygen atoms in total. The molecule has 0 aromatic carbocycles. The highest BCUT2D eigenvalue weighted by Gasteiger charge is 2.41. The van der Waals surface area contributed by atoms with Crippen LogP contribution < -0.4 is 10.0 Å². The molecule has 6 heteroatoms. The average Bonchev–Trinajstić information content (AvgIpc) is 3.00. The Bertz CT molecular complexity index is 399. The molecule has 0 aliphatic heterocycles. The Morgan fingerprint density at radius 1 is 1.20 bits per heavy atom. The SMILES string of the molecule is CCCNCCCN(C)S(=O)(=O)NC1CC2CCC1C2. The molecule has 2 aliphatic carbocycles. The maximum Gasteiger partial charge on any atom is 0.279 e. The Morgan fingerprint density at radius 2 is 2.00 bits per heavy atom. The van der Waals surface area contributed by atoms with Crippen LogP contribution in [0, 0.1) is 11.8 Å². The standard InChI is InChI=1S/C14H29N3O2S/c1-3-7-15-8-4-9-17(2)20(18,19)16-14-11-12-5-6-13(14)10-12/h12-16H,3-11H2,1-2H3. The minimum Gasteiger partial charge on any atom is -0.317 e. The third-order valence-electron chi connectivity index (χ3n) is 4.70. The number of nitrogens with zero attached hydrogens (tertiary/aromatic N) is 1. The van der Waals surface area contributed by atoms with E-state index in [9.17, 15) is 8.42 Å². The summed E-state index contributed by atoms with van der Waals surface area (Å²) in [4.78, 5) is 0. The summed E-state index contributed by atoms with van der Waals surface area (Å²) in [6.45, 7) is 4.58. The van der Waals surface area contributed by atoms with Crippen LogP contribution in [0.3, 0.4) is 0 Å². The van der Waals surface area contributed by atoms with E-state index in [-0.39, 0.29) is 6.04 Å². The van der Waals surface area contributed by atoms with E-state index in [1.54, 1.807) is 7.05 Å². The highest BCUT2D eigenvalue weighted by Crippen LogP contribution is 2.44. The second kappa shape index (κ2) is 7.20. The van der Waals surface area contributed by atoms with E-state index in [0.29, 0.717) is 12.5 Å². The second-order valence-corrected chi connectivity index (χ2v) is 8.14. The van der Waals surface area contributed by atoms with Crippen LogP contribution in [-0.2, 0) is 10.2 Å². The molecule has 2 fully saturated rings. The van der Waals surface area contributed by atoms with Gasteiger partial charge in [0, 0.05) is 19.6 Å². The van der Waals surface area contributed by atoms with Crippen LogP contribution in [0.2, 0.25) is 0 Å². The van der Waals surface area contributed by atoms with Crippen LogP contribution in [0.15, 0.2) is 0 Å². The zero-order valence-corrected chi connectivity index (χ0v) is 13.6. The molecule has 2 N–H and O–H groups in total. The molecule has 2 rings (SSSR count). The molecular weight excluding hydrogens is 274 g/mol.